The van der Waals surface area contributed by atoms with Gasteiger partial charge in [-0.2, -0.15) is 5.26 Å². The molecule has 3 nitrogen and oxygen atoms in total. The summed E-state index contributed by atoms with van der Waals surface area (Å²) in [7, 11) is 0. The molecule has 0 unspecified atom stereocenters. The first-order valence-electron chi connectivity index (χ1n) is 8.73. The van der Waals surface area contributed by atoms with E-state index in [-0.39, 0.29) is 0 Å². The van der Waals surface area contributed by atoms with Gasteiger partial charge in [-0.05, 0) is 48.2 Å². The van der Waals surface area contributed by atoms with Crippen LogP contribution in [0.1, 0.15) is 29.2 Å². The number of benzene rings is 2. The average molecular weight is 357 g/mol. The average Bonchev–Trinajstić information content (AvgIpc) is 3.06. The minimum atomic E-state index is 0.684. The van der Waals surface area contributed by atoms with Crippen LogP contribution >= 0.6 is 11.8 Å². The smallest absolute Gasteiger partial charge is 0.157 e. The van der Waals surface area contributed by atoms with Gasteiger partial charge in [0.25, 0.3) is 0 Å². The number of nitrogens with zero attached hydrogens (tertiary/aromatic N) is 3. The standard InChI is InChI=1S/C22H19N3S/c1-3-16-12-21(26-14-17-9-5-4-8-15(17)2)25-20-11-7-6-10-19(20)24-22(25)18(16)13-23/h4-12H,3,14H2,1-2H3. The van der Waals surface area contributed by atoms with E-state index in [1.54, 1.807) is 11.8 Å². The van der Waals surface area contributed by atoms with E-state index in [2.05, 4.69) is 60.7 Å². The van der Waals surface area contributed by atoms with Crippen LogP contribution < -0.4 is 0 Å². The van der Waals surface area contributed by atoms with E-state index in [1.165, 1.54) is 11.1 Å². The van der Waals surface area contributed by atoms with Gasteiger partial charge in [0.15, 0.2) is 5.65 Å². The highest BCUT2D eigenvalue weighted by molar-refractivity contribution is 7.98. The Morgan fingerprint density at radius 2 is 1.85 bits per heavy atom. The molecule has 4 rings (SSSR count). The molecule has 0 bridgehead atoms. The molecule has 0 atom stereocenters. The van der Waals surface area contributed by atoms with Gasteiger partial charge in [0, 0.05) is 5.75 Å². The first kappa shape index (κ1) is 16.7. The molecule has 4 heteroatoms. The Morgan fingerprint density at radius 3 is 2.62 bits per heavy atom. The molecular weight excluding hydrogens is 338 g/mol. The van der Waals surface area contributed by atoms with Crippen molar-refractivity contribution in [2.24, 2.45) is 0 Å². The fourth-order valence-corrected chi connectivity index (χ4v) is 4.44. The number of pyridine rings is 1. The molecule has 2 heterocycles. The molecule has 0 radical (unpaired) electrons. The summed E-state index contributed by atoms with van der Waals surface area (Å²) < 4.78 is 2.13. The van der Waals surface area contributed by atoms with Gasteiger partial charge in [-0.25, -0.2) is 4.98 Å². The van der Waals surface area contributed by atoms with Crippen molar-refractivity contribution in [1.29, 1.82) is 5.26 Å². The van der Waals surface area contributed by atoms with Crippen LogP contribution in [-0.4, -0.2) is 9.38 Å². The number of hydrogen-bond donors (Lipinski definition) is 0. The number of para-hydroxylation sites is 2. The zero-order valence-electron chi connectivity index (χ0n) is 14.9. The molecule has 4 aromatic rings. The summed E-state index contributed by atoms with van der Waals surface area (Å²) in [6, 6.07) is 21.1. The van der Waals surface area contributed by atoms with Gasteiger partial charge in [0.1, 0.15) is 6.07 Å². The molecule has 0 aliphatic carbocycles. The Bertz CT molecular complexity index is 1150. The SMILES string of the molecule is CCc1cc(SCc2ccccc2C)n2c(nc3ccccc32)c1C#N. The first-order valence-corrected chi connectivity index (χ1v) is 9.72. The predicted octanol–water partition coefficient (Wildman–Crippen LogP) is 5.52. The van der Waals surface area contributed by atoms with Crippen LogP contribution in [0.4, 0.5) is 0 Å². The van der Waals surface area contributed by atoms with Crippen molar-refractivity contribution in [3.05, 3.63) is 76.9 Å². The van der Waals surface area contributed by atoms with Crippen molar-refractivity contribution in [1.82, 2.24) is 9.38 Å². The van der Waals surface area contributed by atoms with E-state index in [0.717, 1.165) is 39.4 Å². The van der Waals surface area contributed by atoms with E-state index in [0.29, 0.717) is 5.56 Å². The number of imidazole rings is 1. The number of fused-ring (bicyclic) bond motifs is 3. The highest BCUT2D eigenvalue weighted by Crippen LogP contribution is 2.32. The third kappa shape index (κ3) is 2.75. The van der Waals surface area contributed by atoms with Crippen molar-refractivity contribution >= 4 is 28.4 Å². The Balaban J connectivity index is 1.90. The van der Waals surface area contributed by atoms with Gasteiger partial charge in [-0.3, -0.25) is 4.40 Å². The zero-order chi connectivity index (χ0) is 18.1. The van der Waals surface area contributed by atoms with Crippen LogP contribution in [0, 0.1) is 18.3 Å². The van der Waals surface area contributed by atoms with Crippen molar-refractivity contribution in [2.75, 3.05) is 0 Å². The second kappa shape index (κ2) is 6.86. The zero-order valence-corrected chi connectivity index (χ0v) is 15.7. The Hall–Kier alpha value is -2.77. The molecule has 0 saturated heterocycles. The fraction of sp³-hybridized carbons (Fsp3) is 0.182. The van der Waals surface area contributed by atoms with Crippen LogP contribution in [0.5, 0.6) is 0 Å². The molecule has 0 aliphatic heterocycles. The minimum absolute atomic E-state index is 0.684. The lowest BCUT2D eigenvalue weighted by molar-refractivity contribution is 1.00. The molecule has 0 aliphatic rings. The van der Waals surface area contributed by atoms with Crippen molar-refractivity contribution < 1.29 is 0 Å². The lowest BCUT2D eigenvalue weighted by Crippen LogP contribution is -1.99. The summed E-state index contributed by atoms with van der Waals surface area (Å²) in [6.45, 7) is 4.24. The molecular formula is C22H19N3S. The van der Waals surface area contributed by atoms with Gasteiger partial charge in [0.2, 0.25) is 0 Å². The lowest BCUT2D eigenvalue weighted by atomic mass is 10.1. The maximum Gasteiger partial charge on any atom is 0.157 e. The molecule has 26 heavy (non-hydrogen) atoms. The molecule has 2 aromatic heterocycles. The summed E-state index contributed by atoms with van der Waals surface area (Å²) in [5.41, 5.74) is 7.12. The molecule has 2 aromatic carbocycles. The number of aryl methyl sites for hydroxylation is 2. The van der Waals surface area contributed by atoms with Crippen molar-refractivity contribution in [3.63, 3.8) is 0 Å². The summed E-state index contributed by atoms with van der Waals surface area (Å²) in [5, 5.41) is 10.8. The molecule has 128 valence electrons. The van der Waals surface area contributed by atoms with Gasteiger partial charge in [-0.15, -0.1) is 11.8 Å². The van der Waals surface area contributed by atoms with Gasteiger partial charge in [-0.1, -0.05) is 43.3 Å². The molecule has 0 spiro atoms. The van der Waals surface area contributed by atoms with Gasteiger partial charge in [0.05, 0.1) is 21.6 Å². The summed E-state index contributed by atoms with van der Waals surface area (Å²) in [4.78, 5) is 4.75. The van der Waals surface area contributed by atoms with E-state index < -0.39 is 0 Å². The highest BCUT2D eigenvalue weighted by atomic mass is 32.2. The largest absolute Gasteiger partial charge is 0.286 e. The van der Waals surface area contributed by atoms with Crippen molar-refractivity contribution in [2.45, 2.75) is 31.0 Å². The van der Waals surface area contributed by atoms with E-state index in [1.807, 2.05) is 18.2 Å². The van der Waals surface area contributed by atoms with Gasteiger partial charge >= 0.3 is 0 Å². The third-order valence-electron chi connectivity index (χ3n) is 4.75. The number of thioether (sulfide) groups is 1. The van der Waals surface area contributed by atoms with Crippen LogP contribution in [0.2, 0.25) is 0 Å². The molecule has 0 saturated carbocycles. The van der Waals surface area contributed by atoms with Crippen molar-refractivity contribution in [3.8, 4) is 6.07 Å². The number of hydrogen-bond acceptors (Lipinski definition) is 3. The Labute approximate surface area is 157 Å². The Kier molecular flexibility index (Phi) is 4.40. The maximum absolute atomic E-state index is 9.70. The monoisotopic (exact) mass is 357 g/mol. The van der Waals surface area contributed by atoms with E-state index in [4.69, 9.17) is 4.98 Å². The van der Waals surface area contributed by atoms with E-state index in [9.17, 15) is 5.26 Å². The second-order valence-electron chi connectivity index (χ2n) is 6.32. The summed E-state index contributed by atoms with van der Waals surface area (Å²) in [6.07, 6.45) is 0.820. The quantitative estimate of drug-likeness (QED) is 0.451. The highest BCUT2D eigenvalue weighted by Gasteiger charge is 2.16. The Morgan fingerprint density at radius 1 is 1.08 bits per heavy atom. The van der Waals surface area contributed by atoms with Crippen LogP contribution in [-0.2, 0) is 12.2 Å². The van der Waals surface area contributed by atoms with Crippen LogP contribution in [0.15, 0.2) is 59.6 Å². The molecule has 0 N–H and O–H groups in total. The predicted molar refractivity (Wildman–Crippen MR) is 108 cm³/mol. The molecule has 0 amide bonds. The molecule has 0 fully saturated rings. The normalized spacial score (nSPS) is 11.1. The summed E-state index contributed by atoms with van der Waals surface area (Å²) in [5.74, 6) is 0.892. The first-order chi connectivity index (χ1) is 12.7. The van der Waals surface area contributed by atoms with E-state index >= 15 is 0 Å². The lowest BCUT2D eigenvalue weighted by Gasteiger charge is -2.12. The third-order valence-corrected chi connectivity index (χ3v) is 5.80. The second-order valence-corrected chi connectivity index (χ2v) is 7.32. The number of aromatic nitrogens is 2. The van der Waals surface area contributed by atoms with Crippen LogP contribution in [0.25, 0.3) is 16.7 Å². The van der Waals surface area contributed by atoms with Crippen LogP contribution in [0.3, 0.4) is 0 Å². The topological polar surface area (TPSA) is 41.1 Å². The summed E-state index contributed by atoms with van der Waals surface area (Å²) >= 11 is 1.80. The van der Waals surface area contributed by atoms with Gasteiger partial charge < -0.3 is 0 Å². The number of rotatable bonds is 4. The minimum Gasteiger partial charge on any atom is -0.286 e. The maximum atomic E-state index is 9.70. The fourth-order valence-electron chi connectivity index (χ4n) is 3.28. The number of nitriles is 1.